The van der Waals surface area contributed by atoms with Crippen LogP contribution < -0.4 is 0 Å². The average Bonchev–Trinajstić information content (AvgIpc) is 2.56. The third-order valence-electron chi connectivity index (χ3n) is 2.57. The van der Waals surface area contributed by atoms with E-state index >= 15 is 0 Å². The number of rotatable bonds is 2. The van der Waals surface area contributed by atoms with E-state index in [0.29, 0.717) is 13.0 Å². The van der Waals surface area contributed by atoms with E-state index in [4.69, 9.17) is 0 Å². The van der Waals surface area contributed by atoms with E-state index in [1.54, 1.807) is 0 Å². The van der Waals surface area contributed by atoms with Gasteiger partial charge in [0.25, 0.3) is 0 Å². The summed E-state index contributed by atoms with van der Waals surface area (Å²) in [5.74, 6) is 0. The molecule has 1 saturated heterocycles. The molecule has 0 N–H and O–H groups in total. The van der Waals surface area contributed by atoms with Crippen LogP contribution in [0, 0.1) is 6.92 Å². The molecule has 1 aliphatic rings. The molecule has 2 rings (SSSR count). The second-order valence-corrected chi connectivity index (χ2v) is 3.95. The second kappa shape index (κ2) is 4.05. The van der Waals surface area contributed by atoms with E-state index in [0.717, 1.165) is 18.8 Å². The van der Waals surface area contributed by atoms with E-state index in [-0.39, 0.29) is 0 Å². The van der Waals surface area contributed by atoms with Crippen LogP contribution in [0.1, 0.15) is 17.7 Å². The minimum atomic E-state index is -0.638. The molecule has 2 heterocycles. The number of likely N-dealkylation sites (tertiary alicyclic amines) is 1. The van der Waals surface area contributed by atoms with Crippen LogP contribution in [-0.2, 0) is 6.54 Å². The van der Waals surface area contributed by atoms with Gasteiger partial charge < -0.3 is 0 Å². The van der Waals surface area contributed by atoms with Crippen molar-refractivity contribution in [2.24, 2.45) is 0 Å². The van der Waals surface area contributed by atoms with Crippen molar-refractivity contribution in [1.29, 1.82) is 0 Å². The van der Waals surface area contributed by atoms with Crippen molar-refractivity contribution >= 4 is 0 Å². The van der Waals surface area contributed by atoms with Gasteiger partial charge in [0.2, 0.25) is 0 Å². The van der Waals surface area contributed by atoms with Gasteiger partial charge in [-0.1, -0.05) is 6.07 Å². The number of halogens is 1. The molecule has 76 valence electrons. The highest BCUT2D eigenvalue weighted by molar-refractivity contribution is 5.12. The molecule has 1 unspecified atom stereocenters. The number of alkyl halides is 1. The summed E-state index contributed by atoms with van der Waals surface area (Å²) in [6, 6.07) is 4.06. The standard InChI is InChI=1S/C11H15FN2/c1-9-2-3-11(13-6-9)8-14-5-4-10(12)7-14/h2-3,6,10H,4-5,7-8H2,1H3. The maximum absolute atomic E-state index is 12.9. The van der Waals surface area contributed by atoms with E-state index in [9.17, 15) is 4.39 Å². The van der Waals surface area contributed by atoms with Crippen molar-refractivity contribution in [1.82, 2.24) is 9.88 Å². The highest BCUT2D eigenvalue weighted by Crippen LogP contribution is 2.14. The number of hydrogen-bond donors (Lipinski definition) is 0. The number of nitrogens with zero attached hydrogens (tertiary/aromatic N) is 2. The van der Waals surface area contributed by atoms with Gasteiger partial charge in [0.1, 0.15) is 6.17 Å². The summed E-state index contributed by atoms with van der Waals surface area (Å²) < 4.78 is 12.9. The summed E-state index contributed by atoms with van der Waals surface area (Å²) in [4.78, 5) is 6.42. The van der Waals surface area contributed by atoms with Crippen molar-refractivity contribution < 1.29 is 4.39 Å². The highest BCUT2D eigenvalue weighted by Gasteiger charge is 2.21. The Hall–Kier alpha value is -0.960. The molecule has 0 aromatic carbocycles. The van der Waals surface area contributed by atoms with Crippen molar-refractivity contribution in [2.45, 2.75) is 26.1 Å². The lowest BCUT2D eigenvalue weighted by Crippen LogP contribution is -2.20. The van der Waals surface area contributed by atoms with Crippen molar-refractivity contribution in [3.8, 4) is 0 Å². The third-order valence-corrected chi connectivity index (χ3v) is 2.57. The Bertz CT molecular complexity index is 297. The first kappa shape index (κ1) is 9.59. The summed E-state index contributed by atoms with van der Waals surface area (Å²) in [5, 5.41) is 0. The van der Waals surface area contributed by atoms with Crippen LogP contribution in [0.2, 0.25) is 0 Å². The SMILES string of the molecule is Cc1ccc(CN2CCC(F)C2)nc1. The van der Waals surface area contributed by atoms with Gasteiger partial charge in [-0.05, 0) is 25.0 Å². The van der Waals surface area contributed by atoms with Crippen LogP contribution in [-0.4, -0.2) is 29.1 Å². The van der Waals surface area contributed by atoms with Crippen molar-refractivity contribution in [2.75, 3.05) is 13.1 Å². The van der Waals surface area contributed by atoms with Gasteiger partial charge >= 0.3 is 0 Å². The molecule has 1 atom stereocenters. The molecule has 1 aromatic rings. The first-order valence-corrected chi connectivity index (χ1v) is 5.02. The van der Waals surface area contributed by atoms with Gasteiger partial charge in [0, 0.05) is 25.8 Å². The molecule has 14 heavy (non-hydrogen) atoms. The normalized spacial score (nSPS) is 22.9. The van der Waals surface area contributed by atoms with Crippen LogP contribution in [0.3, 0.4) is 0 Å². The predicted octanol–water partition coefficient (Wildman–Crippen LogP) is 1.93. The summed E-state index contributed by atoms with van der Waals surface area (Å²) in [6.07, 6.45) is 1.89. The third kappa shape index (κ3) is 2.29. The molecule has 1 aromatic heterocycles. The van der Waals surface area contributed by atoms with E-state index in [1.807, 2.05) is 25.3 Å². The number of aryl methyl sites for hydroxylation is 1. The van der Waals surface area contributed by atoms with Gasteiger partial charge in [-0.25, -0.2) is 4.39 Å². The van der Waals surface area contributed by atoms with Crippen LogP contribution in [0.15, 0.2) is 18.3 Å². The maximum Gasteiger partial charge on any atom is 0.114 e. The number of aromatic nitrogens is 1. The quantitative estimate of drug-likeness (QED) is 0.715. The highest BCUT2D eigenvalue weighted by atomic mass is 19.1. The van der Waals surface area contributed by atoms with E-state index < -0.39 is 6.17 Å². The monoisotopic (exact) mass is 194 g/mol. The Labute approximate surface area is 83.8 Å². The first-order chi connectivity index (χ1) is 6.74. The summed E-state index contributed by atoms with van der Waals surface area (Å²) in [7, 11) is 0. The lowest BCUT2D eigenvalue weighted by molar-refractivity contribution is 0.280. The summed E-state index contributed by atoms with van der Waals surface area (Å²) >= 11 is 0. The Morgan fingerprint density at radius 3 is 3.00 bits per heavy atom. The summed E-state index contributed by atoms with van der Waals surface area (Å²) in [6.45, 7) is 4.22. The molecular weight excluding hydrogens is 179 g/mol. The van der Waals surface area contributed by atoms with Gasteiger partial charge in [-0.15, -0.1) is 0 Å². The van der Waals surface area contributed by atoms with E-state index in [2.05, 4.69) is 9.88 Å². The van der Waals surface area contributed by atoms with Gasteiger partial charge in [0.15, 0.2) is 0 Å². The van der Waals surface area contributed by atoms with E-state index in [1.165, 1.54) is 5.56 Å². The fraction of sp³-hybridized carbons (Fsp3) is 0.545. The van der Waals surface area contributed by atoms with Crippen molar-refractivity contribution in [3.63, 3.8) is 0 Å². The van der Waals surface area contributed by atoms with Crippen LogP contribution >= 0.6 is 0 Å². The molecule has 0 bridgehead atoms. The minimum Gasteiger partial charge on any atom is -0.295 e. The van der Waals surface area contributed by atoms with Crippen molar-refractivity contribution in [3.05, 3.63) is 29.6 Å². The zero-order valence-electron chi connectivity index (χ0n) is 8.41. The lowest BCUT2D eigenvalue weighted by atomic mass is 10.2. The predicted molar refractivity (Wildman–Crippen MR) is 53.8 cm³/mol. The van der Waals surface area contributed by atoms with Gasteiger partial charge in [-0.2, -0.15) is 0 Å². The molecule has 0 amide bonds. The smallest absolute Gasteiger partial charge is 0.114 e. The Morgan fingerprint density at radius 1 is 1.57 bits per heavy atom. The van der Waals surface area contributed by atoms with Crippen LogP contribution in [0.25, 0.3) is 0 Å². The minimum absolute atomic E-state index is 0.565. The number of pyridine rings is 1. The molecule has 3 heteroatoms. The first-order valence-electron chi connectivity index (χ1n) is 5.02. The maximum atomic E-state index is 12.9. The lowest BCUT2D eigenvalue weighted by Gasteiger charge is -2.13. The molecule has 2 nitrogen and oxygen atoms in total. The van der Waals surface area contributed by atoms with Gasteiger partial charge in [-0.3, -0.25) is 9.88 Å². The van der Waals surface area contributed by atoms with Crippen LogP contribution in [0.4, 0.5) is 4.39 Å². The molecule has 0 radical (unpaired) electrons. The van der Waals surface area contributed by atoms with Gasteiger partial charge in [0.05, 0.1) is 5.69 Å². The molecule has 1 fully saturated rings. The Morgan fingerprint density at radius 2 is 2.43 bits per heavy atom. The van der Waals surface area contributed by atoms with Crippen LogP contribution in [0.5, 0.6) is 0 Å². The molecular formula is C11H15FN2. The topological polar surface area (TPSA) is 16.1 Å². The largest absolute Gasteiger partial charge is 0.295 e. The molecule has 0 spiro atoms. The Balaban J connectivity index is 1.94. The molecule has 0 saturated carbocycles. The summed E-state index contributed by atoms with van der Waals surface area (Å²) in [5.41, 5.74) is 2.20. The molecule has 1 aliphatic heterocycles. The zero-order valence-corrected chi connectivity index (χ0v) is 8.41. The average molecular weight is 194 g/mol. The number of hydrogen-bond acceptors (Lipinski definition) is 2. The Kier molecular flexibility index (Phi) is 2.77. The fourth-order valence-corrected chi connectivity index (χ4v) is 1.75. The second-order valence-electron chi connectivity index (χ2n) is 3.95. The zero-order chi connectivity index (χ0) is 9.97. The fourth-order valence-electron chi connectivity index (χ4n) is 1.75. The molecule has 0 aliphatic carbocycles.